The van der Waals surface area contributed by atoms with Gasteiger partial charge in [0.2, 0.25) is 5.91 Å². The Bertz CT molecular complexity index is 718. The summed E-state index contributed by atoms with van der Waals surface area (Å²) >= 11 is 0. The van der Waals surface area contributed by atoms with Gasteiger partial charge in [-0.15, -0.1) is 0 Å². The molecule has 142 valence electrons. The molecule has 0 aromatic heterocycles. The van der Waals surface area contributed by atoms with Gasteiger partial charge >= 0.3 is 12.1 Å². The molecule has 9 heteroatoms. The maximum Gasteiger partial charge on any atom is 0.416 e. The zero-order valence-electron chi connectivity index (χ0n) is 14.4. The number of amides is 2. The molecule has 1 aliphatic rings. The van der Waals surface area contributed by atoms with E-state index >= 15 is 0 Å². The van der Waals surface area contributed by atoms with Crippen LogP contribution in [0.25, 0.3) is 0 Å². The van der Waals surface area contributed by atoms with Crippen LogP contribution in [0.2, 0.25) is 0 Å². The molecule has 1 saturated heterocycles. The predicted octanol–water partition coefficient (Wildman–Crippen LogP) is 2.83. The maximum atomic E-state index is 13.1. The third-order valence-corrected chi connectivity index (χ3v) is 4.06. The Balaban J connectivity index is 2.42. The summed E-state index contributed by atoms with van der Waals surface area (Å²) in [7, 11) is 1.19. The quantitative estimate of drug-likeness (QED) is 0.828. The minimum atomic E-state index is -4.69. The number of rotatable bonds is 3. The molecule has 0 spiro atoms. The van der Waals surface area contributed by atoms with Crippen molar-refractivity contribution in [1.82, 2.24) is 4.90 Å². The van der Waals surface area contributed by atoms with Crippen molar-refractivity contribution >= 4 is 23.5 Å². The molecule has 1 aromatic rings. The van der Waals surface area contributed by atoms with Crippen LogP contribution in [0.1, 0.15) is 42.1 Å². The third-order valence-electron chi connectivity index (χ3n) is 4.06. The van der Waals surface area contributed by atoms with Gasteiger partial charge in [0, 0.05) is 24.7 Å². The van der Waals surface area contributed by atoms with Crippen LogP contribution in [0.15, 0.2) is 18.2 Å². The summed E-state index contributed by atoms with van der Waals surface area (Å²) in [5.74, 6) is -1.88. The molecule has 1 aliphatic heterocycles. The van der Waals surface area contributed by atoms with Gasteiger partial charge in [-0.25, -0.2) is 4.79 Å². The van der Waals surface area contributed by atoms with E-state index in [2.05, 4.69) is 5.32 Å². The summed E-state index contributed by atoms with van der Waals surface area (Å²) in [6, 6.07) is 1.81. The first-order valence-electron chi connectivity index (χ1n) is 8.02. The molecule has 2 amide bonds. The number of carbonyl (C=O) groups excluding carboxylic acids is 3. The van der Waals surface area contributed by atoms with Crippen LogP contribution in [-0.4, -0.2) is 42.4 Å². The highest BCUT2D eigenvalue weighted by Gasteiger charge is 2.36. The third kappa shape index (κ3) is 4.53. The molecule has 1 unspecified atom stereocenters. The number of carbonyl (C=O) groups is 3. The van der Waals surface area contributed by atoms with E-state index in [1.165, 1.54) is 18.1 Å². The van der Waals surface area contributed by atoms with E-state index in [9.17, 15) is 27.6 Å². The Kier molecular flexibility index (Phi) is 5.89. The van der Waals surface area contributed by atoms with Gasteiger partial charge in [0.05, 0.1) is 12.7 Å². The number of anilines is 1. The molecule has 1 N–H and O–H groups in total. The number of hydrogen-bond acceptors (Lipinski definition) is 4. The number of benzene rings is 1. The van der Waals surface area contributed by atoms with Gasteiger partial charge in [-0.3, -0.25) is 9.59 Å². The summed E-state index contributed by atoms with van der Waals surface area (Å²) in [6.45, 7) is 1.39. The standard InChI is InChI=1S/C17H19F3N2O4/c1-10(23)21-13-8-11(7-12(9-13)17(18,19)20)15(24)22-6-4-3-5-14(22)16(25)26-2/h7-9,14H,3-6H2,1-2H3,(H,21,23). The summed E-state index contributed by atoms with van der Waals surface area (Å²) in [5.41, 5.74) is -1.44. The summed E-state index contributed by atoms with van der Waals surface area (Å²) in [4.78, 5) is 37.1. The Morgan fingerprint density at radius 2 is 1.88 bits per heavy atom. The molecule has 0 bridgehead atoms. The molecule has 0 aliphatic carbocycles. The van der Waals surface area contributed by atoms with E-state index in [-0.39, 0.29) is 17.8 Å². The van der Waals surface area contributed by atoms with E-state index < -0.39 is 35.6 Å². The average Bonchev–Trinajstić information content (AvgIpc) is 2.58. The van der Waals surface area contributed by atoms with Gasteiger partial charge < -0.3 is 15.0 Å². The number of nitrogens with zero attached hydrogens (tertiary/aromatic N) is 1. The molecule has 1 fully saturated rings. The van der Waals surface area contributed by atoms with Gasteiger partial charge in [0.1, 0.15) is 6.04 Å². The molecule has 26 heavy (non-hydrogen) atoms. The maximum absolute atomic E-state index is 13.1. The van der Waals surface area contributed by atoms with Crippen molar-refractivity contribution < 1.29 is 32.3 Å². The van der Waals surface area contributed by atoms with E-state index in [1.807, 2.05) is 0 Å². The molecular weight excluding hydrogens is 353 g/mol. The lowest BCUT2D eigenvalue weighted by atomic mass is 10.00. The van der Waals surface area contributed by atoms with Gasteiger partial charge in [0.25, 0.3) is 5.91 Å². The van der Waals surface area contributed by atoms with E-state index in [4.69, 9.17) is 4.74 Å². The monoisotopic (exact) mass is 372 g/mol. The molecule has 1 heterocycles. The molecule has 1 atom stereocenters. The normalized spacial score (nSPS) is 17.6. The number of esters is 1. The Morgan fingerprint density at radius 1 is 1.19 bits per heavy atom. The second-order valence-corrected chi connectivity index (χ2v) is 6.01. The zero-order chi connectivity index (χ0) is 19.5. The highest BCUT2D eigenvalue weighted by atomic mass is 19.4. The number of halogens is 3. The number of piperidine rings is 1. The molecule has 6 nitrogen and oxygen atoms in total. The van der Waals surface area contributed by atoms with Crippen LogP contribution < -0.4 is 5.32 Å². The topological polar surface area (TPSA) is 75.7 Å². The number of ether oxygens (including phenoxy) is 1. The number of nitrogens with one attached hydrogen (secondary N) is 1. The van der Waals surface area contributed by atoms with Crippen molar-refractivity contribution in [2.24, 2.45) is 0 Å². The van der Waals surface area contributed by atoms with Crippen LogP contribution in [0, 0.1) is 0 Å². The molecule has 0 radical (unpaired) electrons. The molecule has 0 saturated carbocycles. The van der Waals surface area contributed by atoms with Crippen molar-refractivity contribution in [2.45, 2.75) is 38.4 Å². The second-order valence-electron chi connectivity index (χ2n) is 6.01. The number of likely N-dealkylation sites (tertiary alicyclic amines) is 1. The van der Waals surface area contributed by atoms with Gasteiger partial charge in [-0.1, -0.05) is 0 Å². The molecule has 2 rings (SSSR count). The van der Waals surface area contributed by atoms with Crippen LogP contribution >= 0.6 is 0 Å². The first kappa shape index (κ1) is 19.7. The first-order valence-corrected chi connectivity index (χ1v) is 8.02. The lowest BCUT2D eigenvalue weighted by molar-refractivity contribution is -0.147. The van der Waals surface area contributed by atoms with E-state index in [1.54, 1.807) is 0 Å². The van der Waals surface area contributed by atoms with E-state index in [0.717, 1.165) is 19.1 Å². The van der Waals surface area contributed by atoms with Crippen molar-refractivity contribution in [2.75, 3.05) is 19.0 Å². The highest BCUT2D eigenvalue weighted by Crippen LogP contribution is 2.33. The minimum Gasteiger partial charge on any atom is -0.467 e. The van der Waals surface area contributed by atoms with Crippen LogP contribution in [0.5, 0.6) is 0 Å². The highest BCUT2D eigenvalue weighted by molar-refractivity contribution is 5.99. The number of alkyl halides is 3. The van der Waals surface area contributed by atoms with Gasteiger partial charge in [-0.2, -0.15) is 13.2 Å². The van der Waals surface area contributed by atoms with Crippen LogP contribution in [0.4, 0.5) is 18.9 Å². The largest absolute Gasteiger partial charge is 0.467 e. The summed E-state index contributed by atoms with van der Waals surface area (Å²) < 4.78 is 44.1. The Labute approximate surface area is 148 Å². The zero-order valence-corrected chi connectivity index (χ0v) is 14.4. The smallest absolute Gasteiger partial charge is 0.416 e. The fourth-order valence-electron chi connectivity index (χ4n) is 2.91. The van der Waals surface area contributed by atoms with Crippen molar-refractivity contribution in [3.8, 4) is 0 Å². The van der Waals surface area contributed by atoms with Crippen LogP contribution in [-0.2, 0) is 20.5 Å². The SMILES string of the molecule is COC(=O)C1CCCCN1C(=O)c1cc(NC(C)=O)cc(C(F)(F)F)c1. The fraction of sp³-hybridized carbons (Fsp3) is 0.471. The summed E-state index contributed by atoms with van der Waals surface area (Å²) in [6.07, 6.45) is -2.96. The Morgan fingerprint density at radius 3 is 2.46 bits per heavy atom. The average molecular weight is 372 g/mol. The van der Waals surface area contributed by atoms with E-state index in [0.29, 0.717) is 19.3 Å². The second kappa shape index (κ2) is 7.76. The first-order chi connectivity index (χ1) is 12.1. The van der Waals surface area contributed by atoms with Crippen LogP contribution in [0.3, 0.4) is 0 Å². The van der Waals surface area contributed by atoms with Crippen molar-refractivity contribution in [3.63, 3.8) is 0 Å². The van der Waals surface area contributed by atoms with Crippen molar-refractivity contribution in [3.05, 3.63) is 29.3 Å². The van der Waals surface area contributed by atoms with Gasteiger partial charge in [-0.05, 0) is 37.5 Å². The lowest BCUT2D eigenvalue weighted by Gasteiger charge is -2.34. The van der Waals surface area contributed by atoms with Gasteiger partial charge in [0.15, 0.2) is 0 Å². The number of hydrogen-bond donors (Lipinski definition) is 1. The predicted molar refractivity (Wildman–Crippen MR) is 86.4 cm³/mol. The lowest BCUT2D eigenvalue weighted by Crippen LogP contribution is -2.48. The van der Waals surface area contributed by atoms with Crippen molar-refractivity contribution in [1.29, 1.82) is 0 Å². The molecule has 1 aromatic carbocycles. The summed E-state index contributed by atoms with van der Waals surface area (Å²) in [5, 5.41) is 2.26. The Hall–Kier alpha value is -2.58. The minimum absolute atomic E-state index is 0.137. The number of methoxy groups -OCH3 is 1. The fourth-order valence-corrected chi connectivity index (χ4v) is 2.91. The molecular formula is C17H19F3N2O4.